The zero-order chi connectivity index (χ0) is 15.5. The summed E-state index contributed by atoms with van der Waals surface area (Å²) in [6.45, 7) is 6.91. The van der Waals surface area contributed by atoms with Crippen LogP contribution < -0.4 is 0 Å². The van der Waals surface area contributed by atoms with E-state index < -0.39 is 0 Å². The van der Waals surface area contributed by atoms with E-state index >= 15 is 0 Å². The number of rotatable bonds is 4. The van der Waals surface area contributed by atoms with Crippen molar-refractivity contribution < 1.29 is 14.1 Å². The molecule has 7 heteroatoms. The molecule has 0 saturated carbocycles. The highest BCUT2D eigenvalue weighted by Crippen LogP contribution is 2.18. The molecule has 0 bridgehead atoms. The normalized spacial score (nSPS) is 18.1. The maximum absolute atomic E-state index is 12.6. The topological polar surface area (TPSA) is 73.4 Å². The summed E-state index contributed by atoms with van der Waals surface area (Å²) in [6.07, 6.45) is 1.77. The maximum atomic E-state index is 12.6. The molecule has 2 aromatic rings. The van der Waals surface area contributed by atoms with Gasteiger partial charge in [0.05, 0.1) is 18.8 Å². The van der Waals surface area contributed by atoms with E-state index in [1.165, 1.54) is 0 Å². The van der Waals surface area contributed by atoms with Crippen LogP contribution >= 0.6 is 0 Å². The fraction of sp³-hybridized carbons (Fsp3) is 0.533. The van der Waals surface area contributed by atoms with Crippen molar-refractivity contribution in [2.45, 2.75) is 26.9 Å². The van der Waals surface area contributed by atoms with Gasteiger partial charge in [-0.2, -0.15) is 5.10 Å². The Labute approximate surface area is 128 Å². The molecule has 0 spiro atoms. The number of ether oxygens (including phenoxy) is 1. The van der Waals surface area contributed by atoms with Gasteiger partial charge in [-0.05, 0) is 19.9 Å². The van der Waals surface area contributed by atoms with Crippen LogP contribution in [0, 0.1) is 12.8 Å². The molecule has 0 unspecified atom stereocenters. The second kappa shape index (κ2) is 6.31. The van der Waals surface area contributed by atoms with Crippen molar-refractivity contribution in [1.82, 2.24) is 19.8 Å². The smallest absolute Gasteiger partial charge is 0.276 e. The minimum atomic E-state index is -0.118. The Kier molecular flexibility index (Phi) is 4.24. The highest BCUT2D eigenvalue weighted by Gasteiger charge is 2.27. The molecular formula is C15H20N4O3. The fourth-order valence-corrected chi connectivity index (χ4v) is 2.71. The molecule has 0 radical (unpaired) electrons. The summed E-state index contributed by atoms with van der Waals surface area (Å²) in [7, 11) is 0. The van der Waals surface area contributed by atoms with Gasteiger partial charge in [-0.25, -0.2) is 0 Å². The van der Waals surface area contributed by atoms with E-state index in [-0.39, 0.29) is 11.8 Å². The minimum absolute atomic E-state index is 0.118. The van der Waals surface area contributed by atoms with Crippen molar-refractivity contribution in [3.05, 3.63) is 35.5 Å². The summed E-state index contributed by atoms with van der Waals surface area (Å²) in [6, 6.07) is 3.61. The van der Waals surface area contributed by atoms with Gasteiger partial charge in [0.25, 0.3) is 5.91 Å². The Bertz CT molecular complexity index is 649. The Morgan fingerprint density at radius 1 is 1.50 bits per heavy atom. The van der Waals surface area contributed by atoms with Crippen LogP contribution in [0.2, 0.25) is 0 Å². The first-order chi connectivity index (χ1) is 10.7. The molecule has 3 heterocycles. The lowest BCUT2D eigenvalue weighted by Gasteiger charge is -2.23. The number of aryl methyl sites for hydroxylation is 1. The van der Waals surface area contributed by atoms with Gasteiger partial charge in [-0.1, -0.05) is 5.16 Å². The summed E-state index contributed by atoms with van der Waals surface area (Å²) in [4.78, 5) is 14.4. The fourth-order valence-electron chi connectivity index (χ4n) is 2.71. The molecule has 0 N–H and O–H groups in total. The second-order valence-electron chi connectivity index (χ2n) is 5.54. The van der Waals surface area contributed by atoms with E-state index in [0.717, 1.165) is 12.2 Å². The lowest BCUT2D eigenvalue weighted by Crippen LogP contribution is -2.35. The standard InChI is InChI=1S/C15H20N4O3/c1-3-21-10-12-7-18(9-13-4-5-16-19(13)8-12)15(20)14-6-11(2)22-17-14/h4-6,12H,3,7-10H2,1-2H3/t12-/m0/s1. The number of hydrogen-bond acceptors (Lipinski definition) is 5. The molecule has 1 aliphatic heterocycles. The number of amides is 1. The molecule has 0 aliphatic carbocycles. The zero-order valence-electron chi connectivity index (χ0n) is 12.9. The van der Waals surface area contributed by atoms with E-state index in [1.54, 1.807) is 24.1 Å². The summed E-state index contributed by atoms with van der Waals surface area (Å²) in [5.74, 6) is 0.722. The third-order valence-corrected chi connectivity index (χ3v) is 3.76. The Balaban J connectivity index is 1.82. The van der Waals surface area contributed by atoms with Gasteiger partial charge in [0.1, 0.15) is 5.76 Å². The third kappa shape index (κ3) is 3.04. The lowest BCUT2D eigenvalue weighted by molar-refractivity contribution is 0.0608. The van der Waals surface area contributed by atoms with Crippen molar-refractivity contribution in [2.75, 3.05) is 19.8 Å². The van der Waals surface area contributed by atoms with Crippen LogP contribution in [0.4, 0.5) is 0 Å². The first-order valence-corrected chi connectivity index (χ1v) is 7.48. The lowest BCUT2D eigenvalue weighted by atomic mass is 10.1. The van der Waals surface area contributed by atoms with Crippen molar-refractivity contribution in [3.63, 3.8) is 0 Å². The number of carbonyl (C=O) groups excluding carboxylic acids is 1. The van der Waals surface area contributed by atoms with Gasteiger partial charge >= 0.3 is 0 Å². The van der Waals surface area contributed by atoms with Crippen LogP contribution in [0.5, 0.6) is 0 Å². The molecule has 0 aromatic carbocycles. The van der Waals surface area contributed by atoms with Crippen molar-refractivity contribution in [1.29, 1.82) is 0 Å². The quantitative estimate of drug-likeness (QED) is 0.855. The van der Waals surface area contributed by atoms with Crippen molar-refractivity contribution in [3.8, 4) is 0 Å². The van der Waals surface area contributed by atoms with E-state index in [9.17, 15) is 4.79 Å². The van der Waals surface area contributed by atoms with Gasteiger partial charge in [-0.15, -0.1) is 0 Å². The molecule has 1 amide bonds. The molecule has 1 atom stereocenters. The molecule has 22 heavy (non-hydrogen) atoms. The highest BCUT2D eigenvalue weighted by molar-refractivity contribution is 5.92. The van der Waals surface area contributed by atoms with Gasteiger partial charge in [0.2, 0.25) is 0 Å². The number of hydrogen-bond donors (Lipinski definition) is 0. The summed E-state index contributed by atoms with van der Waals surface area (Å²) < 4.78 is 12.5. The van der Waals surface area contributed by atoms with Crippen LogP contribution in [0.1, 0.15) is 28.9 Å². The molecule has 7 nitrogen and oxygen atoms in total. The van der Waals surface area contributed by atoms with Gasteiger partial charge in [-0.3, -0.25) is 9.48 Å². The monoisotopic (exact) mass is 304 g/mol. The number of aromatic nitrogens is 3. The molecule has 1 aliphatic rings. The van der Waals surface area contributed by atoms with E-state index in [2.05, 4.69) is 10.3 Å². The molecule has 0 fully saturated rings. The predicted molar refractivity (Wildman–Crippen MR) is 78.2 cm³/mol. The van der Waals surface area contributed by atoms with Crippen molar-refractivity contribution >= 4 is 5.91 Å². The number of nitrogens with zero attached hydrogens (tertiary/aromatic N) is 4. The summed E-state index contributed by atoms with van der Waals surface area (Å²) in [5.41, 5.74) is 1.37. The Morgan fingerprint density at radius 2 is 2.36 bits per heavy atom. The SMILES string of the molecule is CCOC[C@H]1CN(C(=O)c2cc(C)on2)Cc2ccnn2C1. The third-order valence-electron chi connectivity index (χ3n) is 3.76. The average molecular weight is 304 g/mol. The van der Waals surface area contributed by atoms with Gasteiger partial charge < -0.3 is 14.2 Å². The van der Waals surface area contributed by atoms with Crippen LogP contribution in [-0.4, -0.2) is 45.5 Å². The number of carbonyl (C=O) groups is 1. The first kappa shape index (κ1) is 14.8. The average Bonchev–Trinajstić information content (AvgIpc) is 3.09. The van der Waals surface area contributed by atoms with Crippen LogP contribution in [0.3, 0.4) is 0 Å². The van der Waals surface area contributed by atoms with E-state index in [0.29, 0.717) is 37.8 Å². The van der Waals surface area contributed by atoms with Crippen LogP contribution in [-0.2, 0) is 17.8 Å². The largest absolute Gasteiger partial charge is 0.381 e. The molecule has 2 aromatic heterocycles. The van der Waals surface area contributed by atoms with E-state index in [1.807, 2.05) is 17.7 Å². The summed E-state index contributed by atoms with van der Waals surface area (Å²) in [5, 5.41) is 8.17. The summed E-state index contributed by atoms with van der Waals surface area (Å²) >= 11 is 0. The predicted octanol–water partition coefficient (Wildman–Crippen LogP) is 1.49. The van der Waals surface area contributed by atoms with E-state index in [4.69, 9.17) is 9.26 Å². The zero-order valence-corrected chi connectivity index (χ0v) is 12.9. The van der Waals surface area contributed by atoms with Crippen molar-refractivity contribution in [2.24, 2.45) is 5.92 Å². The first-order valence-electron chi connectivity index (χ1n) is 7.48. The van der Waals surface area contributed by atoms with Gasteiger partial charge in [0.15, 0.2) is 5.69 Å². The van der Waals surface area contributed by atoms with Gasteiger partial charge in [0, 0.05) is 37.9 Å². The second-order valence-corrected chi connectivity index (χ2v) is 5.54. The Hall–Kier alpha value is -2.15. The molecular weight excluding hydrogens is 284 g/mol. The van der Waals surface area contributed by atoms with Crippen LogP contribution in [0.25, 0.3) is 0 Å². The Morgan fingerprint density at radius 3 is 3.09 bits per heavy atom. The highest BCUT2D eigenvalue weighted by atomic mass is 16.5. The maximum Gasteiger partial charge on any atom is 0.276 e. The molecule has 0 saturated heterocycles. The molecule has 3 rings (SSSR count). The van der Waals surface area contributed by atoms with Crippen LogP contribution in [0.15, 0.2) is 22.9 Å². The minimum Gasteiger partial charge on any atom is -0.381 e. The molecule has 118 valence electrons. The number of fused-ring (bicyclic) bond motifs is 1.